The second-order valence-electron chi connectivity index (χ2n) is 9.47. The SMILES string of the molecule is CCCCOC(=O)C1C(C)=NC2=C(C(=O)C[C@H](c3ccc(OC)c(OC)c3)C2)[C@H]1c1ccccc1OC. The van der Waals surface area contributed by atoms with Crippen molar-refractivity contribution in [1.82, 2.24) is 0 Å². The standard InChI is InChI=1S/C30H35NO6/c1-6-7-14-37-30(33)27-18(2)31-22-15-20(19-12-13-25(35-4)26(17-19)36-5)16-23(32)29(22)28(27)21-10-8-9-11-24(21)34-3/h8-13,17,20,27-28H,6-7,14-16H2,1-5H3/t20-,27?,28+/m1/s1. The number of nitrogens with zero attached hydrogens (tertiary/aromatic N) is 1. The highest BCUT2D eigenvalue weighted by Gasteiger charge is 2.45. The second kappa shape index (κ2) is 11.6. The van der Waals surface area contributed by atoms with Gasteiger partial charge in [0.2, 0.25) is 0 Å². The fourth-order valence-electron chi connectivity index (χ4n) is 5.37. The summed E-state index contributed by atoms with van der Waals surface area (Å²) < 4.78 is 22.2. The number of unbranched alkanes of at least 4 members (excludes halogenated alkanes) is 1. The molecule has 1 unspecified atom stereocenters. The summed E-state index contributed by atoms with van der Waals surface area (Å²) in [4.78, 5) is 32.0. The number of ether oxygens (including phenoxy) is 4. The molecule has 196 valence electrons. The molecule has 2 aliphatic rings. The summed E-state index contributed by atoms with van der Waals surface area (Å²) >= 11 is 0. The van der Waals surface area contributed by atoms with Gasteiger partial charge in [0.1, 0.15) is 11.7 Å². The van der Waals surface area contributed by atoms with Gasteiger partial charge in [0.25, 0.3) is 0 Å². The number of carbonyl (C=O) groups is 2. The van der Waals surface area contributed by atoms with Gasteiger partial charge in [-0.25, -0.2) is 0 Å². The highest BCUT2D eigenvalue weighted by Crippen LogP contribution is 2.49. The Morgan fingerprint density at radius 2 is 1.70 bits per heavy atom. The molecular weight excluding hydrogens is 470 g/mol. The highest BCUT2D eigenvalue weighted by atomic mass is 16.5. The van der Waals surface area contributed by atoms with Crippen molar-refractivity contribution in [2.45, 2.75) is 51.4 Å². The Kier molecular flexibility index (Phi) is 8.31. The summed E-state index contributed by atoms with van der Waals surface area (Å²) in [5, 5.41) is 0. The molecule has 37 heavy (non-hydrogen) atoms. The minimum absolute atomic E-state index is 0.0143. The van der Waals surface area contributed by atoms with Crippen molar-refractivity contribution in [1.29, 1.82) is 0 Å². The minimum Gasteiger partial charge on any atom is -0.496 e. The number of allylic oxidation sites excluding steroid dienone is 2. The molecule has 0 amide bonds. The average Bonchev–Trinajstić information content (AvgIpc) is 2.91. The molecule has 0 bridgehead atoms. The molecule has 2 aromatic rings. The molecule has 0 radical (unpaired) electrons. The van der Waals surface area contributed by atoms with E-state index in [9.17, 15) is 9.59 Å². The number of ketones is 1. The van der Waals surface area contributed by atoms with Gasteiger partial charge in [-0.3, -0.25) is 14.6 Å². The lowest BCUT2D eigenvalue weighted by molar-refractivity contribution is -0.146. The zero-order chi connectivity index (χ0) is 26.5. The molecular formula is C30H35NO6. The van der Waals surface area contributed by atoms with Crippen LogP contribution in [0.15, 0.2) is 58.7 Å². The molecule has 4 rings (SSSR count). The first kappa shape index (κ1) is 26.5. The van der Waals surface area contributed by atoms with Crippen LogP contribution in [0.25, 0.3) is 0 Å². The maximum Gasteiger partial charge on any atom is 0.315 e. The fraction of sp³-hybridized carbons (Fsp3) is 0.433. The average molecular weight is 506 g/mol. The Morgan fingerprint density at radius 1 is 0.973 bits per heavy atom. The summed E-state index contributed by atoms with van der Waals surface area (Å²) in [6.07, 6.45) is 2.60. The smallest absolute Gasteiger partial charge is 0.315 e. The van der Waals surface area contributed by atoms with Gasteiger partial charge in [-0.15, -0.1) is 0 Å². The largest absolute Gasteiger partial charge is 0.496 e. The Hall–Kier alpha value is -3.61. The molecule has 1 aliphatic heterocycles. The van der Waals surface area contributed by atoms with Crippen molar-refractivity contribution >= 4 is 17.5 Å². The lowest BCUT2D eigenvalue weighted by Crippen LogP contribution is -2.38. The Bertz CT molecular complexity index is 1230. The number of carbonyl (C=O) groups excluding carboxylic acids is 2. The zero-order valence-electron chi connectivity index (χ0n) is 22.2. The normalized spacial score (nSPS) is 21.2. The van der Waals surface area contributed by atoms with Crippen molar-refractivity contribution in [3.05, 3.63) is 64.9 Å². The number of aliphatic imine (C=N–C) groups is 1. The van der Waals surface area contributed by atoms with E-state index in [4.69, 9.17) is 23.9 Å². The van der Waals surface area contributed by atoms with E-state index in [1.54, 1.807) is 21.3 Å². The van der Waals surface area contributed by atoms with E-state index in [1.807, 2.05) is 56.3 Å². The van der Waals surface area contributed by atoms with Gasteiger partial charge < -0.3 is 18.9 Å². The number of hydrogen-bond donors (Lipinski definition) is 0. The van der Waals surface area contributed by atoms with Gasteiger partial charge in [0.15, 0.2) is 17.3 Å². The molecule has 0 N–H and O–H groups in total. The summed E-state index contributed by atoms with van der Waals surface area (Å²) in [6.45, 7) is 4.24. The first-order valence-corrected chi connectivity index (χ1v) is 12.8. The lowest BCUT2D eigenvalue weighted by Gasteiger charge is -2.37. The van der Waals surface area contributed by atoms with E-state index in [1.165, 1.54) is 0 Å². The predicted octanol–water partition coefficient (Wildman–Crippen LogP) is 5.63. The van der Waals surface area contributed by atoms with E-state index in [0.29, 0.717) is 48.0 Å². The zero-order valence-corrected chi connectivity index (χ0v) is 22.2. The summed E-state index contributed by atoms with van der Waals surface area (Å²) in [7, 11) is 4.79. The molecule has 0 fully saturated rings. The van der Waals surface area contributed by atoms with Crippen LogP contribution < -0.4 is 14.2 Å². The van der Waals surface area contributed by atoms with Crippen molar-refractivity contribution < 1.29 is 28.5 Å². The van der Waals surface area contributed by atoms with Crippen LogP contribution in [0.4, 0.5) is 0 Å². The third-order valence-electron chi connectivity index (χ3n) is 7.24. The molecule has 0 saturated heterocycles. The number of esters is 1. The first-order valence-electron chi connectivity index (χ1n) is 12.8. The number of para-hydroxylation sites is 1. The number of methoxy groups -OCH3 is 3. The topological polar surface area (TPSA) is 83.4 Å². The lowest BCUT2D eigenvalue weighted by atomic mass is 9.69. The molecule has 0 aromatic heterocycles. The van der Waals surface area contributed by atoms with Crippen LogP contribution in [0, 0.1) is 5.92 Å². The van der Waals surface area contributed by atoms with E-state index in [-0.39, 0.29) is 17.7 Å². The van der Waals surface area contributed by atoms with Crippen LogP contribution in [0.3, 0.4) is 0 Å². The van der Waals surface area contributed by atoms with Crippen LogP contribution >= 0.6 is 0 Å². The molecule has 0 saturated carbocycles. The van der Waals surface area contributed by atoms with Crippen LogP contribution in [0.5, 0.6) is 17.2 Å². The van der Waals surface area contributed by atoms with E-state index < -0.39 is 11.8 Å². The van der Waals surface area contributed by atoms with E-state index in [2.05, 4.69) is 0 Å². The predicted molar refractivity (Wildman–Crippen MR) is 142 cm³/mol. The van der Waals surface area contributed by atoms with Crippen LogP contribution in [-0.4, -0.2) is 45.4 Å². The van der Waals surface area contributed by atoms with Crippen LogP contribution in [0.2, 0.25) is 0 Å². The Morgan fingerprint density at radius 3 is 2.41 bits per heavy atom. The summed E-state index contributed by atoms with van der Waals surface area (Å²) in [6, 6.07) is 13.3. The van der Waals surface area contributed by atoms with Gasteiger partial charge in [-0.2, -0.15) is 0 Å². The third kappa shape index (κ3) is 5.26. The third-order valence-corrected chi connectivity index (χ3v) is 7.24. The van der Waals surface area contributed by atoms with Crippen molar-refractivity contribution in [3.63, 3.8) is 0 Å². The number of hydrogen-bond acceptors (Lipinski definition) is 7. The van der Waals surface area contributed by atoms with Gasteiger partial charge >= 0.3 is 5.97 Å². The summed E-state index contributed by atoms with van der Waals surface area (Å²) in [5.41, 5.74) is 3.74. The molecule has 3 atom stereocenters. The van der Waals surface area contributed by atoms with Gasteiger partial charge in [0.05, 0.1) is 27.9 Å². The van der Waals surface area contributed by atoms with Crippen LogP contribution in [-0.2, 0) is 14.3 Å². The first-order chi connectivity index (χ1) is 17.9. The molecule has 1 heterocycles. The highest BCUT2D eigenvalue weighted by molar-refractivity contribution is 6.09. The number of Topliss-reactive ketones (excluding diaryl/α,β-unsaturated/α-hetero) is 1. The molecule has 7 heteroatoms. The van der Waals surface area contributed by atoms with Gasteiger partial charge in [-0.05, 0) is 49.4 Å². The molecule has 0 spiro atoms. The van der Waals surface area contributed by atoms with E-state index in [0.717, 1.165) is 29.7 Å². The number of rotatable bonds is 9. The maximum atomic E-state index is 13.8. The van der Waals surface area contributed by atoms with E-state index >= 15 is 0 Å². The second-order valence-corrected chi connectivity index (χ2v) is 9.47. The number of benzene rings is 2. The van der Waals surface area contributed by atoms with Crippen molar-refractivity contribution in [2.24, 2.45) is 10.9 Å². The quantitative estimate of drug-likeness (QED) is 0.324. The molecule has 7 nitrogen and oxygen atoms in total. The van der Waals surface area contributed by atoms with Gasteiger partial charge in [0, 0.05) is 34.9 Å². The molecule has 2 aromatic carbocycles. The van der Waals surface area contributed by atoms with Crippen LogP contribution in [0.1, 0.15) is 62.5 Å². The van der Waals surface area contributed by atoms with Gasteiger partial charge in [-0.1, -0.05) is 37.6 Å². The fourth-order valence-corrected chi connectivity index (χ4v) is 5.37. The molecule has 1 aliphatic carbocycles. The van der Waals surface area contributed by atoms with Crippen molar-refractivity contribution in [2.75, 3.05) is 27.9 Å². The Balaban J connectivity index is 1.77. The summed E-state index contributed by atoms with van der Waals surface area (Å²) in [5.74, 6) is 0.263. The Labute approximate surface area is 218 Å². The van der Waals surface area contributed by atoms with Crippen molar-refractivity contribution in [3.8, 4) is 17.2 Å². The maximum absolute atomic E-state index is 13.8. The minimum atomic E-state index is -0.687. The monoisotopic (exact) mass is 505 g/mol.